The topological polar surface area (TPSA) is 231 Å². The Balaban J connectivity index is 7.22. The van der Waals surface area contributed by atoms with Crippen molar-refractivity contribution in [3.63, 3.8) is 0 Å². The molecule has 0 saturated carbocycles. The van der Waals surface area contributed by atoms with Crippen LogP contribution in [0.3, 0.4) is 0 Å². The Kier molecular flexibility index (Phi) is 9.55. The Hall–Kier alpha value is -2.58. The van der Waals surface area contributed by atoms with Gasteiger partial charge in [0, 0.05) is 6.92 Å². The zero-order valence-electron chi connectivity index (χ0n) is 16.8. The van der Waals surface area contributed by atoms with Gasteiger partial charge in [-0.3, -0.25) is 24.0 Å². The minimum Gasteiger partial charge on any atom is -0.443 e. The van der Waals surface area contributed by atoms with Crippen LogP contribution in [0.5, 0.6) is 0 Å². The van der Waals surface area contributed by atoms with Crippen LogP contribution in [-0.4, -0.2) is 98.0 Å². The molecule has 170 valence electrons. The van der Waals surface area contributed by atoms with E-state index in [-0.39, 0.29) is 6.29 Å². The van der Waals surface area contributed by atoms with Gasteiger partial charge < -0.3 is 41.0 Å². The molecular formula is C17H26N2O11. The molecule has 0 aliphatic carbocycles. The lowest BCUT2D eigenvalue weighted by Crippen LogP contribution is -2.78. The summed E-state index contributed by atoms with van der Waals surface area (Å²) in [6.07, 6.45) is -4.51. The third-order valence-electron chi connectivity index (χ3n) is 4.35. The van der Waals surface area contributed by atoms with Crippen LogP contribution in [0.4, 0.5) is 0 Å². The monoisotopic (exact) mass is 434 g/mol. The summed E-state index contributed by atoms with van der Waals surface area (Å²) in [7, 11) is 0. The Morgan fingerprint density at radius 3 is 1.90 bits per heavy atom. The minimum atomic E-state index is -3.74. The van der Waals surface area contributed by atoms with Gasteiger partial charge in [0.1, 0.15) is 24.5 Å². The molecule has 0 heterocycles. The molecule has 0 fully saturated rings. The highest BCUT2D eigenvalue weighted by molar-refractivity contribution is 6.18. The first-order valence-electron chi connectivity index (χ1n) is 8.61. The fraction of sp³-hybridized carbons (Fsp3) is 0.647. The van der Waals surface area contributed by atoms with Gasteiger partial charge in [-0.05, 0) is 20.8 Å². The second kappa shape index (κ2) is 10.4. The van der Waals surface area contributed by atoms with E-state index >= 15 is 0 Å². The van der Waals surface area contributed by atoms with Gasteiger partial charge in [0.2, 0.25) is 22.9 Å². The van der Waals surface area contributed by atoms with Crippen molar-refractivity contribution in [2.24, 2.45) is 5.73 Å². The highest BCUT2D eigenvalue weighted by Gasteiger charge is 2.70. The Labute approximate surface area is 171 Å². The van der Waals surface area contributed by atoms with Crippen LogP contribution in [0.2, 0.25) is 0 Å². The van der Waals surface area contributed by atoms with Crippen molar-refractivity contribution < 1.29 is 53.9 Å². The van der Waals surface area contributed by atoms with E-state index < -0.39 is 71.3 Å². The quantitative estimate of drug-likeness (QED) is 0.0969. The van der Waals surface area contributed by atoms with Crippen LogP contribution in [0.15, 0.2) is 0 Å². The average molecular weight is 434 g/mol. The minimum absolute atomic E-state index is 0.184. The van der Waals surface area contributed by atoms with Crippen LogP contribution in [0, 0.1) is 0 Å². The molecule has 0 saturated heterocycles. The number of aldehydes is 1. The molecule has 0 rings (SSSR count). The molecule has 0 aromatic carbocycles. The number of aliphatic hydroxyl groups excluding tert-OH is 3. The van der Waals surface area contributed by atoms with Crippen LogP contribution < -0.4 is 11.1 Å². The molecule has 0 aromatic heterocycles. The first-order valence-corrected chi connectivity index (χ1v) is 8.61. The van der Waals surface area contributed by atoms with Crippen LogP contribution in [0.1, 0.15) is 27.7 Å². The van der Waals surface area contributed by atoms with E-state index in [2.05, 4.69) is 0 Å². The molecule has 6 atom stereocenters. The van der Waals surface area contributed by atoms with Crippen molar-refractivity contribution >= 4 is 35.5 Å². The lowest BCUT2D eigenvalue weighted by molar-refractivity contribution is -0.210. The summed E-state index contributed by atoms with van der Waals surface area (Å²) in [4.78, 5) is 73.4. The lowest BCUT2D eigenvalue weighted by atomic mass is 9.68. The number of amides is 1. The number of nitrogens with one attached hydrogen (secondary N) is 1. The molecule has 13 nitrogen and oxygen atoms in total. The molecule has 0 aromatic rings. The molecule has 7 N–H and O–H groups in total. The van der Waals surface area contributed by atoms with Gasteiger partial charge in [-0.25, -0.2) is 0 Å². The fourth-order valence-corrected chi connectivity index (χ4v) is 2.72. The van der Waals surface area contributed by atoms with Gasteiger partial charge in [-0.2, -0.15) is 0 Å². The Morgan fingerprint density at radius 2 is 1.60 bits per heavy atom. The normalized spacial score (nSPS) is 19.1. The van der Waals surface area contributed by atoms with Crippen molar-refractivity contribution in [1.29, 1.82) is 0 Å². The SMILES string of the molecule is CC(=O)N[C@@H](C=O)[C@](OC(=O)[C@@H](N)CO)(C(C)=O)[C@](O)(C(C)=O)C(=O)C(O)C(C)O. The fourth-order valence-electron chi connectivity index (χ4n) is 2.72. The van der Waals surface area contributed by atoms with Crippen molar-refractivity contribution in [1.82, 2.24) is 5.32 Å². The summed E-state index contributed by atoms with van der Waals surface area (Å²) in [5.41, 5.74) is -1.85. The van der Waals surface area contributed by atoms with E-state index in [9.17, 15) is 44.1 Å². The van der Waals surface area contributed by atoms with Gasteiger partial charge in [0.05, 0.1) is 12.7 Å². The van der Waals surface area contributed by atoms with E-state index in [1.807, 2.05) is 5.32 Å². The standard InChI is InChI=1S/C17H26N2O11/c1-7(22)13(26)14(27)16(29,8(2)23)17(9(3)24,12(6-21)19-10(4)25)30-15(28)11(18)5-20/h6-7,11-13,20,22,26,29H,5,18H2,1-4H3,(H,19,25)/t7?,11-,12-,13?,16-,17+/m0/s1. The molecule has 13 heteroatoms. The van der Waals surface area contributed by atoms with Gasteiger partial charge in [-0.15, -0.1) is 0 Å². The number of hydrogen-bond acceptors (Lipinski definition) is 12. The lowest BCUT2D eigenvalue weighted by Gasteiger charge is -2.45. The smallest absolute Gasteiger partial charge is 0.326 e. The predicted octanol–water partition coefficient (Wildman–Crippen LogP) is -4.49. The van der Waals surface area contributed by atoms with Crippen molar-refractivity contribution in [2.75, 3.05) is 6.61 Å². The molecule has 0 aliphatic rings. The van der Waals surface area contributed by atoms with Gasteiger partial charge >= 0.3 is 5.97 Å². The number of esters is 1. The highest BCUT2D eigenvalue weighted by Crippen LogP contribution is 2.35. The number of ether oxygens (including phenoxy) is 1. The molecule has 0 aliphatic heterocycles. The van der Waals surface area contributed by atoms with E-state index in [1.54, 1.807) is 0 Å². The number of ketones is 3. The molecule has 1 amide bonds. The van der Waals surface area contributed by atoms with Gasteiger partial charge in [0.25, 0.3) is 0 Å². The van der Waals surface area contributed by atoms with Crippen LogP contribution >= 0.6 is 0 Å². The Morgan fingerprint density at radius 1 is 1.10 bits per heavy atom. The van der Waals surface area contributed by atoms with Gasteiger partial charge in [0.15, 0.2) is 11.6 Å². The summed E-state index contributed by atoms with van der Waals surface area (Å²) < 4.78 is 4.88. The summed E-state index contributed by atoms with van der Waals surface area (Å²) in [5.74, 6) is -7.53. The third kappa shape index (κ3) is 4.94. The van der Waals surface area contributed by atoms with Crippen LogP contribution in [0.25, 0.3) is 0 Å². The summed E-state index contributed by atoms with van der Waals surface area (Å²) >= 11 is 0. The third-order valence-corrected chi connectivity index (χ3v) is 4.35. The molecule has 30 heavy (non-hydrogen) atoms. The highest BCUT2D eigenvalue weighted by atomic mass is 16.6. The summed E-state index contributed by atoms with van der Waals surface area (Å²) in [6.45, 7) is 1.98. The molecule has 0 spiro atoms. The second-order valence-electron chi connectivity index (χ2n) is 6.63. The number of nitrogens with two attached hydrogens (primary N) is 1. The zero-order valence-corrected chi connectivity index (χ0v) is 16.8. The van der Waals surface area contributed by atoms with Crippen molar-refractivity contribution in [3.8, 4) is 0 Å². The number of hydrogen-bond donors (Lipinski definition) is 6. The number of carbonyl (C=O) groups excluding carboxylic acids is 6. The van der Waals surface area contributed by atoms with E-state index in [1.165, 1.54) is 0 Å². The first-order chi connectivity index (χ1) is 13.6. The van der Waals surface area contributed by atoms with Crippen molar-refractivity contribution in [2.45, 2.75) is 63.2 Å². The number of carbonyl (C=O) groups is 6. The maximum atomic E-state index is 12.8. The number of rotatable bonds is 12. The summed E-state index contributed by atoms with van der Waals surface area (Å²) in [5, 5.41) is 41.5. The molecule has 0 radical (unpaired) electrons. The molecule has 2 unspecified atom stereocenters. The first kappa shape index (κ1) is 27.4. The molecule has 0 bridgehead atoms. The average Bonchev–Trinajstić information content (AvgIpc) is 2.66. The maximum Gasteiger partial charge on any atom is 0.326 e. The van der Waals surface area contributed by atoms with E-state index in [4.69, 9.17) is 15.6 Å². The van der Waals surface area contributed by atoms with Crippen LogP contribution in [-0.2, 0) is 33.5 Å². The number of Topliss-reactive ketones (excluding diaryl/α,β-unsaturated/α-hetero) is 3. The molecular weight excluding hydrogens is 408 g/mol. The summed E-state index contributed by atoms with van der Waals surface area (Å²) in [6, 6.07) is -4.14. The zero-order chi connectivity index (χ0) is 24.0. The maximum absolute atomic E-state index is 12.8. The van der Waals surface area contributed by atoms with Gasteiger partial charge in [-0.1, -0.05) is 0 Å². The van der Waals surface area contributed by atoms with Crippen molar-refractivity contribution in [3.05, 3.63) is 0 Å². The second-order valence-corrected chi connectivity index (χ2v) is 6.63. The largest absolute Gasteiger partial charge is 0.443 e. The predicted molar refractivity (Wildman–Crippen MR) is 96.6 cm³/mol. The Bertz CT molecular complexity index is 722. The number of aliphatic hydroxyl groups is 4. The van der Waals surface area contributed by atoms with E-state index in [0.29, 0.717) is 13.8 Å². The van der Waals surface area contributed by atoms with E-state index in [0.717, 1.165) is 13.8 Å².